The number of benzene rings is 2. The zero-order valence-corrected chi connectivity index (χ0v) is 17.0. The summed E-state index contributed by atoms with van der Waals surface area (Å²) in [5.74, 6) is 0.639. The standard InChI is InChI=1S/C20H20ClN5O.ClH/c1-2-18-23-19(24-26(18)17-10-4-3-8-14(17)21)20(27)25-12-6-7-13-15(22)9-5-11-16(13)25;/h3-5,8-11H,2,6-7,12,22H2,1H3;1H. The van der Waals surface area contributed by atoms with E-state index in [1.54, 1.807) is 15.6 Å². The van der Waals surface area contributed by atoms with Gasteiger partial charge in [0.1, 0.15) is 5.82 Å². The molecule has 0 fully saturated rings. The van der Waals surface area contributed by atoms with Crippen molar-refractivity contribution in [3.63, 3.8) is 0 Å². The highest BCUT2D eigenvalue weighted by molar-refractivity contribution is 6.32. The average Bonchev–Trinajstić information content (AvgIpc) is 3.12. The molecule has 0 saturated carbocycles. The number of amides is 1. The van der Waals surface area contributed by atoms with E-state index < -0.39 is 0 Å². The van der Waals surface area contributed by atoms with Crippen LogP contribution in [0.15, 0.2) is 42.5 Å². The Balaban J connectivity index is 0.00000225. The van der Waals surface area contributed by atoms with Gasteiger partial charge in [-0.25, -0.2) is 9.67 Å². The minimum Gasteiger partial charge on any atom is -0.398 e. The second-order valence-corrected chi connectivity index (χ2v) is 6.88. The van der Waals surface area contributed by atoms with Crippen molar-refractivity contribution in [2.75, 3.05) is 17.2 Å². The van der Waals surface area contributed by atoms with E-state index in [0.29, 0.717) is 35.2 Å². The number of hydrogen-bond donors (Lipinski definition) is 1. The third kappa shape index (κ3) is 3.45. The lowest BCUT2D eigenvalue weighted by Crippen LogP contribution is -2.36. The molecule has 2 N–H and O–H groups in total. The van der Waals surface area contributed by atoms with Crippen LogP contribution in [0, 0.1) is 0 Å². The van der Waals surface area contributed by atoms with Crippen LogP contribution in [0.1, 0.15) is 35.4 Å². The van der Waals surface area contributed by atoms with E-state index in [9.17, 15) is 4.79 Å². The Bertz CT molecular complexity index is 1020. The van der Waals surface area contributed by atoms with Gasteiger partial charge in [-0.15, -0.1) is 17.5 Å². The summed E-state index contributed by atoms with van der Waals surface area (Å²) in [5, 5.41) is 5.04. The van der Waals surface area contributed by atoms with Crippen molar-refractivity contribution in [3.05, 3.63) is 64.7 Å². The Morgan fingerprint density at radius 2 is 1.93 bits per heavy atom. The van der Waals surface area contributed by atoms with E-state index in [1.165, 1.54) is 0 Å². The number of halogens is 2. The summed E-state index contributed by atoms with van der Waals surface area (Å²) >= 11 is 6.31. The van der Waals surface area contributed by atoms with E-state index in [4.69, 9.17) is 17.3 Å². The summed E-state index contributed by atoms with van der Waals surface area (Å²) in [5.41, 5.74) is 9.39. The lowest BCUT2D eigenvalue weighted by Gasteiger charge is -2.29. The summed E-state index contributed by atoms with van der Waals surface area (Å²) in [4.78, 5) is 19.4. The van der Waals surface area contributed by atoms with E-state index in [0.717, 1.165) is 24.1 Å². The molecule has 1 aliphatic rings. The van der Waals surface area contributed by atoms with Gasteiger partial charge in [-0.2, -0.15) is 0 Å². The number of rotatable bonds is 3. The van der Waals surface area contributed by atoms with Gasteiger partial charge in [-0.3, -0.25) is 4.79 Å². The molecule has 1 aromatic heterocycles. The van der Waals surface area contributed by atoms with Crippen LogP contribution in [-0.2, 0) is 12.8 Å². The number of hydrogen-bond acceptors (Lipinski definition) is 4. The number of carbonyl (C=O) groups is 1. The van der Waals surface area contributed by atoms with Crippen LogP contribution in [0.3, 0.4) is 0 Å². The first-order chi connectivity index (χ1) is 13.1. The predicted molar refractivity (Wildman–Crippen MR) is 114 cm³/mol. The second kappa shape index (κ2) is 8.20. The van der Waals surface area contributed by atoms with Crippen LogP contribution in [0.5, 0.6) is 0 Å². The van der Waals surface area contributed by atoms with Gasteiger partial charge in [0, 0.05) is 24.3 Å². The minimum absolute atomic E-state index is 0. The molecule has 28 heavy (non-hydrogen) atoms. The van der Waals surface area contributed by atoms with Gasteiger partial charge in [0.2, 0.25) is 5.82 Å². The first kappa shape index (κ1) is 20.2. The molecule has 0 aliphatic carbocycles. The maximum Gasteiger partial charge on any atom is 0.297 e. The van der Waals surface area contributed by atoms with Crippen molar-refractivity contribution in [2.24, 2.45) is 0 Å². The van der Waals surface area contributed by atoms with Crippen LogP contribution in [-0.4, -0.2) is 27.2 Å². The van der Waals surface area contributed by atoms with Crippen LogP contribution >= 0.6 is 24.0 Å². The number of fused-ring (bicyclic) bond motifs is 1. The molecule has 4 rings (SSSR count). The number of nitrogen functional groups attached to an aromatic ring is 1. The normalized spacial score (nSPS) is 13.0. The third-order valence-corrected chi connectivity index (χ3v) is 5.11. The summed E-state index contributed by atoms with van der Waals surface area (Å²) in [6, 6.07) is 13.1. The highest BCUT2D eigenvalue weighted by Crippen LogP contribution is 2.32. The van der Waals surface area contributed by atoms with Crippen LogP contribution in [0.2, 0.25) is 5.02 Å². The fraction of sp³-hybridized carbons (Fsp3) is 0.250. The first-order valence-electron chi connectivity index (χ1n) is 9.00. The fourth-order valence-electron chi connectivity index (χ4n) is 3.46. The molecule has 0 saturated heterocycles. The summed E-state index contributed by atoms with van der Waals surface area (Å²) in [7, 11) is 0. The molecule has 2 heterocycles. The van der Waals surface area contributed by atoms with Gasteiger partial charge < -0.3 is 10.6 Å². The quantitative estimate of drug-likeness (QED) is 0.651. The second-order valence-electron chi connectivity index (χ2n) is 6.47. The van der Waals surface area contributed by atoms with Gasteiger partial charge in [0.15, 0.2) is 0 Å². The zero-order valence-electron chi connectivity index (χ0n) is 15.4. The topological polar surface area (TPSA) is 77.0 Å². The van der Waals surface area contributed by atoms with Crippen LogP contribution in [0.4, 0.5) is 11.4 Å². The molecule has 1 amide bonds. The van der Waals surface area contributed by atoms with Gasteiger partial charge in [-0.05, 0) is 42.7 Å². The summed E-state index contributed by atoms with van der Waals surface area (Å²) in [6.07, 6.45) is 2.36. The molecule has 0 spiro atoms. The van der Waals surface area contributed by atoms with Crippen molar-refractivity contribution in [1.29, 1.82) is 0 Å². The summed E-state index contributed by atoms with van der Waals surface area (Å²) in [6.45, 7) is 2.60. The van der Waals surface area contributed by atoms with E-state index in [1.807, 2.05) is 43.3 Å². The molecule has 3 aromatic rings. The molecule has 146 valence electrons. The largest absolute Gasteiger partial charge is 0.398 e. The van der Waals surface area contributed by atoms with Crippen molar-refractivity contribution in [3.8, 4) is 5.69 Å². The SMILES string of the molecule is CCc1nc(C(=O)N2CCCc3c(N)cccc32)nn1-c1ccccc1Cl.Cl. The Kier molecular flexibility index (Phi) is 5.91. The fourth-order valence-corrected chi connectivity index (χ4v) is 3.68. The zero-order chi connectivity index (χ0) is 19.0. The molecular weight excluding hydrogens is 397 g/mol. The number of anilines is 2. The highest BCUT2D eigenvalue weighted by atomic mass is 35.5. The molecule has 0 atom stereocenters. The van der Waals surface area contributed by atoms with Crippen molar-refractivity contribution in [1.82, 2.24) is 14.8 Å². The maximum absolute atomic E-state index is 13.2. The van der Waals surface area contributed by atoms with Crippen molar-refractivity contribution in [2.45, 2.75) is 26.2 Å². The van der Waals surface area contributed by atoms with E-state index >= 15 is 0 Å². The summed E-state index contributed by atoms with van der Waals surface area (Å²) < 4.78 is 1.65. The number of para-hydroxylation sites is 1. The lowest BCUT2D eigenvalue weighted by atomic mass is 10.00. The number of nitrogens with two attached hydrogens (primary N) is 1. The Hall–Kier alpha value is -2.57. The third-order valence-electron chi connectivity index (χ3n) is 4.79. The maximum atomic E-state index is 13.2. The smallest absolute Gasteiger partial charge is 0.297 e. The van der Waals surface area contributed by atoms with Crippen molar-refractivity contribution >= 4 is 41.3 Å². The van der Waals surface area contributed by atoms with Crippen LogP contribution in [0.25, 0.3) is 5.69 Å². The molecule has 8 heteroatoms. The monoisotopic (exact) mass is 417 g/mol. The van der Waals surface area contributed by atoms with Gasteiger partial charge >= 0.3 is 0 Å². The Labute approximate surface area is 174 Å². The number of aryl methyl sites for hydroxylation is 1. The number of nitrogens with zero attached hydrogens (tertiary/aromatic N) is 4. The highest BCUT2D eigenvalue weighted by Gasteiger charge is 2.28. The molecule has 1 aliphatic heterocycles. The molecule has 0 radical (unpaired) electrons. The number of aromatic nitrogens is 3. The van der Waals surface area contributed by atoms with Gasteiger partial charge in [0.25, 0.3) is 5.91 Å². The van der Waals surface area contributed by atoms with E-state index in [2.05, 4.69) is 10.1 Å². The van der Waals surface area contributed by atoms with Gasteiger partial charge in [0.05, 0.1) is 10.7 Å². The molecule has 2 aromatic carbocycles. The van der Waals surface area contributed by atoms with Crippen LogP contribution < -0.4 is 10.6 Å². The molecule has 0 unspecified atom stereocenters. The number of carbonyl (C=O) groups excluding carboxylic acids is 1. The molecule has 6 nitrogen and oxygen atoms in total. The lowest BCUT2D eigenvalue weighted by molar-refractivity contribution is 0.0975. The predicted octanol–water partition coefficient (Wildman–Crippen LogP) is 4.08. The average molecular weight is 418 g/mol. The Morgan fingerprint density at radius 1 is 1.18 bits per heavy atom. The van der Waals surface area contributed by atoms with Gasteiger partial charge in [-0.1, -0.05) is 36.7 Å². The molecule has 0 bridgehead atoms. The Morgan fingerprint density at radius 3 is 2.68 bits per heavy atom. The van der Waals surface area contributed by atoms with Crippen molar-refractivity contribution < 1.29 is 4.79 Å². The van der Waals surface area contributed by atoms with E-state index in [-0.39, 0.29) is 24.1 Å². The minimum atomic E-state index is -0.220. The first-order valence-corrected chi connectivity index (χ1v) is 9.38. The molecular formula is C20H21Cl2N5O.